The van der Waals surface area contributed by atoms with Crippen LogP contribution in [0.3, 0.4) is 0 Å². The van der Waals surface area contributed by atoms with Crippen molar-refractivity contribution in [3.8, 4) is 0 Å². The second kappa shape index (κ2) is 6.43. The molecule has 1 rings (SSSR count). The summed E-state index contributed by atoms with van der Waals surface area (Å²) in [6, 6.07) is 0. The summed E-state index contributed by atoms with van der Waals surface area (Å²) >= 11 is 4.05. The highest BCUT2D eigenvalue weighted by molar-refractivity contribution is 14.1. The molecule has 0 amide bonds. The van der Waals surface area contributed by atoms with Crippen molar-refractivity contribution in [3.63, 3.8) is 0 Å². The topological polar surface area (TPSA) is 12.9 Å². The largest absolute Gasteiger partial charge is 0.242 e. The fourth-order valence-electron chi connectivity index (χ4n) is 1.27. The molecule has 82 valence electrons. The van der Waals surface area contributed by atoms with Crippen LogP contribution in [0.4, 0.5) is 0 Å². The fraction of sp³-hybridized carbons (Fsp3) is 0.417. The van der Waals surface area contributed by atoms with E-state index >= 15 is 0 Å². The molecular weight excluding hydrogens is 317 g/mol. The smallest absolute Gasteiger partial charge is 0.0901 e. The molecule has 0 bridgehead atoms. The molecule has 0 aromatic carbocycles. The van der Waals surface area contributed by atoms with E-state index in [0.717, 1.165) is 23.5 Å². The highest BCUT2D eigenvalue weighted by Crippen LogP contribution is 2.15. The Labute approximate surface area is 109 Å². The molecule has 1 nitrogen and oxygen atoms in total. The first-order valence-corrected chi connectivity index (χ1v) is 6.95. The summed E-state index contributed by atoms with van der Waals surface area (Å²) in [5, 5.41) is 3.25. The first kappa shape index (κ1) is 12.9. The van der Waals surface area contributed by atoms with Gasteiger partial charge >= 0.3 is 0 Å². The minimum absolute atomic E-state index is 1.10. The molecule has 0 fully saturated rings. The zero-order valence-corrected chi connectivity index (χ0v) is 12.4. The van der Waals surface area contributed by atoms with Gasteiger partial charge in [0, 0.05) is 5.38 Å². The van der Waals surface area contributed by atoms with Gasteiger partial charge in [-0.25, -0.2) is 4.98 Å². The molecule has 0 aliphatic carbocycles. The van der Waals surface area contributed by atoms with Crippen molar-refractivity contribution < 1.29 is 0 Å². The van der Waals surface area contributed by atoms with Gasteiger partial charge < -0.3 is 0 Å². The average Bonchev–Trinajstić information content (AvgIpc) is 2.50. The number of thiazole rings is 1. The van der Waals surface area contributed by atoms with Gasteiger partial charge in [-0.05, 0) is 65.9 Å². The van der Waals surface area contributed by atoms with Gasteiger partial charge in [-0.15, -0.1) is 11.3 Å². The van der Waals surface area contributed by atoms with E-state index in [1.54, 1.807) is 11.3 Å². The molecule has 0 spiro atoms. The van der Waals surface area contributed by atoms with Crippen molar-refractivity contribution >= 4 is 40.0 Å². The lowest BCUT2D eigenvalue weighted by Gasteiger charge is -1.96. The van der Waals surface area contributed by atoms with Gasteiger partial charge in [0.25, 0.3) is 0 Å². The quantitative estimate of drug-likeness (QED) is 0.709. The minimum Gasteiger partial charge on any atom is -0.242 e. The Hall–Kier alpha value is -0.160. The van der Waals surface area contributed by atoms with Crippen LogP contribution < -0.4 is 0 Å². The van der Waals surface area contributed by atoms with Gasteiger partial charge in [-0.2, -0.15) is 0 Å². The van der Waals surface area contributed by atoms with Crippen molar-refractivity contribution in [2.24, 2.45) is 0 Å². The lowest BCUT2D eigenvalue weighted by molar-refractivity contribution is 0.982. The monoisotopic (exact) mass is 333 g/mol. The van der Waals surface area contributed by atoms with E-state index in [1.165, 1.54) is 9.15 Å². The number of nitrogens with zero attached hydrogens (tertiary/aromatic N) is 1. The van der Waals surface area contributed by atoms with Gasteiger partial charge in [-0.1, -0.05) is 11.6 Å². The third kappa shape index (κ3) is 5.47. The molecule has 0 N–H and O–H groups in total. The second-order valence-corrected chi connectivity index (χ2v) is 6.38. The van der Waals surface area contributed by atoms with Crippen molar-refractivity contribution in [3.05, 3.63) is 31.3 Å². The van der Waals surface area contributed by atoms with E-state index in [9.17, 15) is 0 Å². The summed E-state index contributed by atoms with van der Waals surface area (Å²) in [6.45, 7) is 6.34. The highest BCUT2D eigenvalue weighted by Gasteiger charge is 1.95. The molecule has 0 atom stereocenters. The summed E-state index contributed by atoms with van der Waals surface area (Å²) in [6.07, 6.45) is 6.70. The van der Waals surface area contributed by atoms with E-state index in [4.69, 9.17) is 0 Å². The van der Waals surface area contributed by atoms with Gasteiger partial charge in [0.1, 0.15) is 0 Å². The van der Waals surface area contributed by atoms with Gasteiger partial charge in [-0.3, -0.25) is 0 Å². The molecule has 0 saturated carbocycles. The second-order valence-electron chi connectivity index (χ2n) is 3.61. The van der Waals surface area contributed by atoms with E-state index in [1.807, 2.05) is 6.92 Å². The van der Waals surface area contributed by atoms with Crippen molar-refractivity contribution in [1.82, 2.24) is 4.98 Å². The van der Waals surface area contributed by atoms with Crippen molar-refractivity contribution in [2.75, 3.05) is 0 Å². The average molecular weight is 333 g/mol. The first-order valence-electron chi connectivity index (χ1n) is 4.99. The molecule has 3 heteroatoms. The number of halogens is 1. The van der Waals surface area contributed by atoms with Crippen LogP contribution in [0.15, 0.2) is 20.6 Å². The van der Waals surface area contributed by atoms with Gasteiger partial charge in [0.05, 0.1) is 10.7 Å². The van der Waals surface area contributed by atoms with Crippen LogP contribution in [0.5, 0.6) is 0 Å². The minimum atomic E-state index is 1.10. The van der Waals surface area contributed by atoms with Crippen LogP contribution in [-0.4, -0.2) is 4.98 Å². The number of rotatable bonds is 4. The summed E-state index contributed by atoms with van der Waals surface area (Å²) in [5.41, 5.74) is 2.50. The Bertz CT molecular complexity index is 373. The maximum Gasteiger partial charge on any atom is 0.0901 e. The number of allylic oxidation sites excluding steroid dienone is 3. The Morgan fingerprint density at radius 2 is 2.27 bits per heavy atom. The Morgan fingerprint density at radius 3 is 2.80 bits per heavy atom. The Kier molecular flexibility index (Phi) is 5.53. The SMILES string of the molecule is C/C(I)=C/CC/C(C)=C/c1csc(C)n1. The van der Waals surface area contributed by atoms with E-state index in [-0.39, 0.29) is 0 Å². The lowest BCUT2D eigenvalue weighted by Crippen LogP contribution is -1.78. The number of hydrogen-bond acceptors (Lipinski definition) is 2. The summed E-state index contributed by atoms with van der Waals surface area (Å²) < 4.78 is 1.37. The van der Waals surface area contributed by atoms with Crippen LogP contribution in [0.2, 0.25) is 0 Å². The third-order valence-corrected chi connectivity index (χ3v) is 3.23. The van der Waals surface area contributed by atoms with Crippen LogP contribution >= 0.6 is 33.9 Å². The molecular formula is C12H16INS. The zero-order chi connectivity index (χ0) is 11.3. The predicted octanol–water partition coefficient (Wildman–Crippen LogP) is 4.97. The number of hydrogen-bond donors (Lipinski definition) is 0. The van der Waals surface area contributed by atoms with E-state index in [0.29, 0.717) is 0 Å². The van der Waals surface area contributed by atoms with Gasteiger partial charge in [0.15, 0.2) is 0 Å². The molecule has 0 unspecified atom stereocenters. The van der Waals surface area contributed by atoms with Crippen LogP contribution in [0.1, 0.15) is 37.4 Å². The zero-order valence-electron chi connectivity index (χ0n) is 9.38. The van der Waals surface area contributed by atoms with E-state index < -0.39 is 0 Å². The van der Waals surface area contributed by atoms with Crippen molar-refractivity contribution in [1.29, 1.82) is 0 Å². The Balaban J connectivity index is 2.50. The summed E-state index contributed by atoms with van der Waals surface area (Å²) in [7, 11) is 0. The maximum absolute atomic E-state index is 4.42. The Morgan fingerprint density at radius 1 is 1.53 bits per heavy atom. The fourth-order valence-corrected chi connectivity index (χ4v) is 2.15. The molecule has 0 radical (unpaired) electrons. The van der Waals surface area contributed by atoms with Crippen LogP contribution in [-0.2, 0) is 0 Å². The summed E-state index contributed by atoms with van der Waals surface area (Å²) in [5.74, 6) is 0. The molecule has 1 aromatic rings. The number of aryl methyl sites for hydroxylation is 1. The molecule has 1 aromatic heterocycles. The molecule has 0 saturated heterocycles. The molecule has 0 aliphatic heterocycles. The van der Waals surface area contributed by atoms with Crippen LogP contribution in [0.25, 0.3) is 6.08 Å². The van der Waals surface area contributed by atoms with E-state index in [2.05, 4.69) is 59.0 Å². The molecule has 1 heterocycles. The molecule has 15 heavy (non-hydrogen) atoms. The first-order chi connectivity index (χ1) is 7.08. The highest BCUT2D eigenvalue weighted by atomic mass is 127. The normalized spacial score (nSPS) is 13.3. The predicted molar refractivity (Wildman–Crippen MR) is 77.5 cm³/mol. The maximum atomic E-state index is 4.42. The molecule has 0 aliphatic rings. The lowest BCUT2D eigenvalue weighted by atomic mass is 10.1. The van der Waals surface area contributed by atoms with Gasteiger partial charge in [0.2, 0.25) is 0 Å². The number of aromatic nitrogens is 1. The third-order valence-electron chi connectivity index (χ3n) is 2.00. The summed E-state index contributed by atoms with van der Waals surface area (Å²) in [4.78, 5) is 4.42. The van der Waals surface area contributed by atoms with Crippen LogP contribution in [0, 0.1) is 6.92 Å². The van der Waals surface area contributed by atoms with Crippen molar-refractivity contribution in [2.45, 2.75) is 33.6 Å². The standard InChI is InChI=1S/C12H16INS/c1-9(5-4-6-10(2)13)7-12-8-15-11(3)14-12/h6-8H,4-5H2,1-3H3/b9-7+,10-6-.